The first-order valence-corrected chi connectivity index (χ1v) is 8.13. The molecule has 0 radical (unpaired) electrons. The number of aliphatic hydroxyl groups excluding tert-OH is 1. The fourth-order valence-electron chi connectivity index (χ4n) is 2.64. The number of aryl methyl sites for hydroxylation is 1. The molecular formula is C14H23N3O2S. The maximum Gasteiger partial charge on any atom is 0.263 e. The number of nitrogens with one attached hydrogen (secondary N) is 1. The molecule has 20 heavy (non-hydrogen) atoms. The number of rotatable bonds is 7. The number of aliphatic hydroxyl groups is 1. The Morgan fingerprint density at radius 2 is 2.45 bits per heavy atom. The first kappa shape index (κ1) is 15.4. The van der Waals surface area contributed by atoms with Gasteiger partial charge in [0.15, 0.2) is 0 Å². The number of carbonyl (C=O) groups is 1. The van der Waals surface area contributed by atoms with Crippen molar-refractivity contribution in [3.8, 4) is 0 Å². The minimum absolute atomic E-state index is 0.0144. The van der Waals surface area contributed by atoms with E-state index in [9.17, 15) is 9.90 Å². The topological polar surface area (TPSA) is 65.5 Å². The lowest BCUT2D eigenvalue weighted by molar-refractivity contribution is 0.0955. The van der Waals surface area contributed by atoms with Crippen molar-refractivity contribution in [3.63, 3.8) is 0 Å². The van der Waals surface area contributed by atoms with Crippen molar-refractivity contribution in [1.82, 2.24) is 15.2 Å². The van der Waals surface area contributed by atoms with Crippen LogP contribution in [0.15, 0.2) is 5.51 Å². The first-order valence-electron chi connectivity index (χ1n) is 7.25. The Morgan fingerprint density at radius 3 is 3.15 bits per heavy atom. The van der Waals surface area contributed by atoms with E-state index >= 15 is 0 Å². The normalized spacial score (nSPS) is 19.4. The summed E-state index contributed by atoms with van der Waals surface area (Å²) >= 11 is 1.39. The van der Waals surface area contributed by atoms with E-state index in [4.69, 9.17) is 0 Å². The first-order chi connectivity index (χ1) is 9.72. The van der Waals surface area contributed by atoms with Gasteiger partial charge in [-0.15, -0.1) is 11.3 Å². The highest BCUT2D eigenvalue weighted by Crippen LogP contribution is 2.17. The van der Waals surface area contributed by atoms with Crippen LogP contribution in [0.2, 0.25) is 0 Å². The van der Waals surface area contributed by atoms with Crippen molar-refractivity contribution in [2.45, 2.75) is 38.6 Å². The Hall–Kier alpha value is -0.980. The zero-order valence-corrected chi connectivity index (χ0v) is 12.8. The maximum absolute atomic E-state index is 11.9. The van der Waals surface area contributed by atoms with Crippen molar-refractivity contribution in [2.75, 3.05) is 26.2 Å². The van der Waals surface area contributed by atoms with Gasteiger partial charge in [0.1, 0.15) is 4.88 Å². The monoisotopic (exact) mass is 297 g/mol. The SMILES string of the molecule is Cc1ncsc1C(=O)NCCCCN1CCCC1CO. The molecule has 0 aromatic carbocycles. The second-order valence-corrected chi connectivity index (χ2v) is 6.10. The van der Waals surface area contributed by atoms with Gasteiger partial charge in [0.25, 0.3) is 5.91 Å². The number of aromatic nitrogens is 1. The van der Waals surface area contributed by atoms with Crippen molar-refractivity contribution in [1.29, 1.82) is 0 Å². The van der Waals surface area contributed by atoms with Gasteiger partial charge in [-0.25, -0.2) is 4.98 Å². The van der Waals surface area contributed by atoms with Gasteiger partial charge in [0.05, 0.1) is 17.8 Å². The summed E-state index contributed by atoms with van der Waals surface area (Å²) in [6, 6.07) is 0.351. The molecule has 5 nitrogen and oxygen atoms in total. The van der Waals surface area contributed by atoms with E-state index in [1.807, 2.05) is 6.92 Å². The summed E-state index contributed by atoms with van der Waals surface area (Å²) in [6.07, 6.45) is 4.32. The molecular weight excluding hydrogens is 274 g/mol. The number of unbranched alkanes of at least 4 members (excludes halogenated alkanes) is 1. The Bertz CT molecular complexity index is 436. The highest BCUT2D eigenvalue weighted by atomic mass is 32.1. The third-order valence-corrected chi connectivity index (χ3v) is 4.75. The molecule has 1 unspecified atom stereocenters. The molecule has 1 saturated heterocycles. The number of likely N-dealkylation sites (tertiary alicyclic amines) is 1. The molecule has 1 amide bonds. The average Bonchev–Trinajstić information content (AvgIpc) is 3.06. The quantitative estimate of drug-likeness (QED) is 0.747. The number of thiazole rings is 1. The number of hydrogen-bond donors (Lipinski definition) is 2. The number of amides is 1. The average molecular weight is 297 g/mol. The van der Waals surface area contributed by atoms with Crippen LogP contribution < -0.4 is 5.32 Å². The molecule has 0 saturated carbocycles. The Morgan fingerprint density at radius 1 is 1.60 bits per heavy atom. The van der Waals surface area contributed by atoms with Crippen molar-refractivity contribution in [2.24, 2.45) is 0 Å². The van der Waals surface area contributed by atoms with Gasteiger partial charge < -0.3 is 10.4 Å². The van der Waals surface area contributed by atoms with Crippen LogP contribution in [0.25, 0.3) is 0 Å². The van der Waals surface area contributed by atoms with Crippen molar-refractivity contribution < 1.29 is 9.90 Å². The maximum atomic E-state index is 11.9. The Labute approximate surface area is 124 Å². The van der Waals surface area contributed by atoms with Gasteiger partial charge in [-0.1, -0.05) is 0 Å². The van der Waals surface area contributed by atoms with E-state index in [-0.39, 0.29) is 12.5 Å². The zero-order valence-electron chi connectivity index (χ0n) is 12.0. The van der Waals surface area contributed by atoms with Crippen LogP contribution in [0.3, 0.4) is 0 Å². The minimum atomic E-state index is -0.0144. The van der Waals surface area contributed by atoms with Gasteiger partial charge in [0, 0.05) is 12.6 Å². The third-order valence-electron chi connectivity index (χ3n) is 3.82. The standard InChI is InChI=1S/C14H23N3O2S/c1-11-13(20-10-16-11)14(19)15-6-2-3-7-17-8-4-5-12(17)9-18/h10,12,18H,2-9H2,1H3,(H,15,19). The lowest BCUT2D eigenvalue weighted by Gasteiger charge is -2.22. The summed E-state index contributed by atoms with van der Waals surface area (Å²) in [5.74, 6) is -0.0144. The highest BCUT2D eigenvalue weighted by molar-refractivity contribution is 7.11. The van der Waals surface area contributed by atoms with Crippen LogP contribution in [-0.4, -0.2) is 53.2 Å². The van der Waals surface area contributed by atoms with Crippen LogP contribution in [0, 0.1) is 6.92 Å². The fourth-order valence-corrected chi connectivity index (χ4v) is 3.36. The number of hydrogen-bond acceptors (Lipinski definition) is 5. The van der Waals surface area contributed by atoms with E-state index in [2.05, 4.69) is 15.2 Å². The van der Waals surface area contributed by atoms with Crippen LogP contribution in [0.5, 0.6) is 0 Å². The molecule has 0 aliphatic carbocycles. The fraction of sp³-hybridized carbons (Fsp3) is 0.714. The summed E-state index contributed by atoms with van der Waals surface area (Å²) in [5.41, 5.74) is 2.50. The van der Waals surface area contributed by atoms with Crippen molar-refractivity contribution in [3.05, 3.63) is 16.1 Å². The van der Waals surface area contributed by atoms with Crippen molar-refractivity contribution >= 4 is 17.2 Å². The molecule has 2 N–H and O–H groups in total. The smallest absolute Gasteiger partial charge is 0.263 e. The summed E-state index contributed by atoms with van der Waals surface area (Å²) in [4.78, 5) is 19.0. The molecule has 2 heterocycles. The largest absolute Gasteiger partial charge is 0.395 e. The summed E-state index contributed by atoms with van der Waals surface area (Å²) < 4.78 is 0. The Balaban J connectivity index is 1.60. The predicted octanol–water partition coefficient (Wildman–Crippen LogP) is 1.42. The molecule has 0 spiro atoms. The molecule has 1 aliphatic rings. The molecule has 1 aromatic heterocycles. The number of carbonyl (C=O) groups excluding carboxylic acids is 1. The molecule has 112 valence electrons. The van der Waals surface area contributed by atoms with Gasteiger partial charge >= 0.3 is 0 Å². The molecule has 1 atom stereocenters. The molecule has 6 heteroatoms. The van der Waals surface area contributed by atoms with E-state index in [0.29, 0.717) is 17.5 Å². The molecule has 1 fully saturated rings. The molecule has 0 bridgehead atoms. The van der Waals surface area contributed by atoms with Crippen LogP contribution in [-0.2, 0) is 0 Å². The van der Waals surface area contributed by atoms with E-state index in [1.165, 1.54) is 17.8 Å². The lowest BCUT2D eigenvalue weighted by Crippen LogP contribution is -2.33. The summed E-state index contributed by atoms with van der Waals surface area (Å²) in [7, 11) is 0. The number of nitrogens with zero attached hydrogens (tertiary/aromatic N) is 2. The van der Waals surface area contributed by atoms with Gasteiger partial charge in [-0.2, -0.15) is 0 Å². The van der Waals surface area contributed by atoms with Crippen LogP contribution in [0.4, 0.5) is 0 Å². The third kappa shape index (κ3) is 4.01. The Kier molecular flexibility index (Phi) is 5.94. The van der Waals surface area contributed by atoms with Gasteiger partial charge in [-0.3, -0.25) is 9.69 Å². The summed E-state index contributed by atoms with van der Waals surface area (Å²) in [5, 5.41) is 12.2. The minimum Gasteiger partial charge on any atom is -0.395 e. The zero-order chi connectivity index (χ0) is 14.4. The van der Waals surface area contributed by atoms with E-state index in [0.717, 1.165) is 38.0 Å². The lowest BCUT2D eigenvalue weighted by atomic mass is 10.2. The molecule has 2 rings (SSSR count). The predicted molar refractivity (Wildman–Crippen MR) is 80.1 cm³/mol. The van der Waals surface area contributed by atoms with Crippen LogP contribution in [0.1, 0.15) is 41.0 Å². The summed E-state index contributed by atoms with van der Waals surface area (Å²) in [6.45, 7) is 4.93. The second-order valence-electron chi connectivity index (χ2n) is 5.24. The van der Waals surface area contributed by atoms with Gasteiger partial charge in [-0.05, 0) is 45.7 Å². The van der Waals surface area contributed by atoms with Gasteiger partial charge in [0.2, 0.25) is 0 Å². The highest BCUT2D eigenvalue weighted by Gasteiger charge is 2.22. The van der Waals surface area contributed by atoms with E-state index in [1.54, 1.807) is 5.51 Å². The van der Waals surface area contributed by atoms with Crippen LogP contribution >= 0.6 is 11.3 Å². The second kappa shape index (κ2) is 7.71. The van der Waals surface area contributed by atoms with E-state index < -0.39 is 0 Å². The molecule has 1 aliphatic heterocycles. The molecule has 1 aromatic rings.